The molecule has 6 saturated carbocycles. The molecule has 0 saturated heterocycles. The summed E-state index contributed by atoms with van der Waals surface area (Å²) in [6.45, 7) is 0. The van der Waals surface area contributed by atoms with Crippen molar-refractivity contribution in [2.75, 3.05) is 0 Å². The predicted octanol–water partition coefficient (Wildman–Crippen LogP) is 3.01. The summed E-state index contributed by atoms with van der Waals surface area (Å²) in [6.07, 6.45) is 0. The molecule has 0 aliphatic heterocycles. The highest BCUT2D eigenvalue weighted by Crippen LogP contribution is 3.06. The molecular formula is C10Cl8O2. The van der Waals surface area contributed by atoms with E-state index in [4.69, 9.17) is 92.8 Å². The maximum absolute atomic E-state index is 12.7. The number of ketones is 2. The summed E-state index contributed by atoms with van der Waals surface area (Å²) in [5, 5.41) is 0. The molecule has 6 aliphatic rings. The SMILES string of the molecule is O=C1[C@@]2(Cl)[C@@]3(Cl)[C@]4(Cl)C(=O)[C@]5(Cl)[C@@](Cl)([C@]14Cl)[C@@]2(Cl)[C@]53Cl. The van der Waals surface area contributed by atoms with Gasteiger partial charge in [0.25, 0.3) is 0 Å². The smallest absolute Gasteiger partial charge is 0.182 e. The van der Waals surface area contributed by atoms with Gasteiger partial charge in [0.05, 0.1) is 0 Å². The van der Waals surface area contributed by atoms with Gasteiger partial charge in [0.2, 0.25) is 0 Å². The molecule has 0 radical (unpaired) electrons. The number of Topliss-reactive ketones (excluding diaryl/α,β-unsaturated/α-hetero) is 2. The molecule has 6 fully saturated rings. The van der Waals surface area contributed by atoms with Crippen molar-refractivity contribution in [3.05, 3.63) is 0 Å². The van der Waals surface area contributed by atoms with E-state index in [2.05, 4.69) is 0 Å². The second-order valence-corrected chi connectivity index (χ2v) is 10.5. The van der Waals surface area contributed by atoms with Crippen molar-refractivity contribution in [3.8, 4) is 0 Å². The van der Waals surface area contributed by atoms with Gasteiger partial charge in [0.1, 0.15) is 19.5 Å². The Balaban J connectivity index is 2.11. The molecule has 0 aromatic rings. The van der Waals surface area contributed by atoms with Crippen LogP contribution in [-0.2, 0) is 9.59 Å². The molecule has 108 valence electrons. The van der Waals surface area contributed by atoms with Crippen LogP contribution in [0.3, 0.4) is 0 Å². The van der Waals surface area contributed by atoms with Crippen LogP contribution >= 0.6 is 92.8 Å². The maximum atomic E-state index is 12.7. The highest BCUT2D eigenvalue weighted by atomic mass is 35.5. The first kappa shape index (κ1) is 14.0. The fourth-order valence-electron chi connectivity index (χ4n) is 5.40. The van der Waals surface area contributed by atoms with E-state index in [1.807, 2.05) is 0 Å². The van der Waals surface area contributed by atoms with Gasteiger partial charge in [-0.25, -0.2) is 0 Å². The molecule has 0 N–H and O–H groups in total. The lowest BCUT2D eigenvalue weighted by Crippen LogP contribution is -3.07. The number of hydrogen-bond acceptors (Lipinski definition) is 2. The summed E-state index contributed by atoms with van der Waals surface area (Å²) < 4.78 is 0. The molecule has 2 nitrogen and oxygen atoms in total. The van der Waals surface area contributed by atoms with Gasteiger partial charge in [0, 0.05) is 0 Å². The molecule has 0 unspecified atom stereocenters. The molecule has 0 aromatic carbocycles. The minimum Gasteiger partial charge on any atom is -0.295 e. The average molecular weight is 436 g/mol. The molecule has 0 amide bonds. The Morgan fingerprint density at radius 2 is 0.700 bits per heavy atom. The highest BCUT2D eigenvalue weighted by molar-refractivity contribution is 6.84. The Morgan fingerprint density at radius 1 is 0.450 bits per heavy atom. The van der Waals surface area contributed by atoms with Crippen LogP contribution < -0.4 is 0 Å². The maximum Gasteiger partial charge on any atom is 0.182 e. The van der Waals surface area contributed by atoms with E-state index in [1.54, 1.807) is 0 Å². The van der Waals surface area contributed by atoms with E-state index >= 15 is 0 Å². The predicted molar refractivity (Wildman–Crippen MR) is 78.7 cm³/mol. The van der Waals surface area contributed by atoms with Gasteiger partial charge in [-0.1, -0.05) is 0 Å². The van der Waals surface area contributed by atoms with Gasteiger partial charge < -0.3 is 0 Å². The quantitative estimate of drug-likeness (QED) is 0.548. The third kappa shape index (κ3) is 0.512. The first-order valence-electron chi connectivity index (χ1n) is 5.42. The molecule has 0 spiro atoms. The monoisotopic (exact) mass is 432 g/mol. The third-order valence-corrected chi connectivity index (χ3v) is 13.3. The topological polar surface area (TPSA) is 34.1 Å². The number of rotatable bonds is 0. The summed E-state index contributed by atoms with van der Waals surface area (Å²) in [4.78, 5) is 10.2. The van der Waals surface area contributed by atoms with Gasteiger partial charge in [-0.15, -0.1) is 92.8 Å². The number of carbonyl (C=O) groups is 2. The van der Waals surface area contributed by atoms with Gasteiger partial charge in [-0.2, -0.15) is 0 Å². The summed E-state index contributed by atoms with van der Waals surface area (Å²) >= 11 is 51.6. The van der Waals surface area contributed by atoms with Crippen LogP contribution in [0.4, 0.5) is 0 Å². The van der Waals surface area contributed by atoms with Crippen molar-refractivity contribution in [3.63, 3.8) is 0 Å². The van der Waals surface area contributed by atoms with Crippen LogP contribution in [0.2, 0.25) is 0 Å². The standard InChI is InChI=1S/C10Cl8O2/c11-3-1(19)5(13)8(16)4(3,12)2(20)6(14)7(3,15)9(5,17)10(6,8)18/t3-,4-,5-,6+,7-,8-,9-,10+/m0/s1. The van der Waals surface area contributed by atoms with E-state index < -0.39 is 50.6 Å². The first-order chi connectivity index (χ1) is 8.81. The largest absolute Gasteiger partial charge is 0.295 e. The second kappa shape index (κ2) is 2.58. The van der Waals surface area contributed by atoms with Crippen molar-refractivity contribution >= 4 is 104 Å². The zero-order valence-corrected chi connectivity index (χ0v) is 14.9. The van der Waals surface area contributed by atoms with Gasteiger partial charge >= 0.3 is 0 Å². The Hall–Kier alpha value is 1.66. The fourth-order valence-corrected chi connectivity index (χ4v) is 12.1. The molecule has 8 atom stereocenters. The minimum atomic E-state index is -2.08. The van der Waals surface area contributed by atoms with Crippen LogP contribution in [-0.4, -0.2) is 50.6 Å². The number of hydrogen-bond donors (Lipinski definition) is 0. The van der Waals surface area contributed by atoms with Crippen LogP contribution in [0.15, 0.2) is 0 Å². The van der Waals surface area contributed by atoms with Crippen LogP contribution in [0.5, 0.6) is 0 Å². The normalized spacial score (nSPS) is 81.8. The van der Waals surface area contributed by atoms with Gasteiger partial charge in [0.15, 0.2) is 31.1 Å². The van der Waals surface area contributed by atoms with E-state index in [9.17, 15) is 9.59 Å². The third-order valence-electron chi connectivity index (χ3n) is 6.00. The Morgan fingerprint density at radius 3 is 0.950 bits per heavy atom. The lowest BCUT2D eigenvalue weighted by atomic mass is 9.37. The second-order valence-electron chi connectivity index (χ2n) is 5.93. The molecule has 6 aliphatic carbocycles. The van der Waals surface area contributed by atoms with Crippen LogP contribution in [0, 0.1) is 0 Å². The minimum absolute atomic E-state index is 0.784. The van der Waals surface area contributed by atoms with Crippen LogP contribution in [0.25, 0.3) is 0 Å². The lowest BCUT2D eigenvalue weighted by Gasteiger charge is -2.84. The van der Waals surface area contributed by atoms with E-state index in [-0.39, 0.29) is 0 Å². The number of halogens is 8. The van der Waals surface area contributed by atoms with Crippen molar-refractivity contribution in [2.24, 2.45) is 0 Å². The average Bonchev–Trinajstić information content (AvgIpc) is 2.66. The zero-order valence-electron chi connectivity index (χ0n) is 8.84. The van der Waals surface area contributed by atoms with Crippen LogP contribution in [0.1, 0.15) is 0 Å². The highest BCUT2D eigenvalue weighted by Gasteiger charge is 3.29. The summed E-state index contributed by atoms with van der Waals surface area (Å²) in [7, 11) is 0. The van der Waals surface area contributed by atoms with E-state index in [1.165, 1.54) is 0 Å². The Bertz CT molecular complexity index is 668. The molecule has 4 bridgehead atoms. The van der Waals surface area contributed by atoms with E-state index in [0.29, 0.717) is 0 Å². The number of alkyl halides is 8. The lowest BCUT2D eigenvalue weighted by molar-refractivity contribution is -0.126. The molecule has 0 heterocycles. The Labute approximate surface area is 152 Å². The summed E-state index contributed by atoms with van der Waals surface area (Å²) in [5.41, 5.74) is 0. The summed E-state index contributed by atoms with van der Waals surface area (Å²) in [6, 6.07) is 0. The van der Waals surface area contributed by atoms with Gasteiger partial charge in [-0.05, 0) is 0 Å². The molecular weight excluding hydrogens is 436 g/mol. The summed E-state index contributed by atoms with van der Waals surface area (Å²) in [5.74, 6) is -1.57. The molecule has 20 heavy (non-hydrogen) atoms. The number of carbonyl (C=O) groups excluding carboxylic acids is 2. The van der Waals surface area contributed by atoms with Crippen molar-refractivity contribution in [1.82, 2.24) is 0 Å². The Kier molecular flexibility index (Phi) is 1.81. The molecule has 6 rings (SSSR count). The van der Waals surface area contributed by atoms with E-state index in [0.717, 1.165) is 0 Å². The van der Waals surface area contributed by atoms with Crippen molar-refractivity contribution in [1.29, 1.82) is 0 Å². The van der Waals surface area contributed by atoms with Gasteiger partial charge in [-0.3, -0.25) is 9.59 Å². The molecule has 0 aromatic heterocycles. The first-order valence-corrected chi connectivity index (χ1v) is 8.44. The molecule has 10 heteroatoms. The van der Waals surface area contributed by atoms with Crippen molar-refractivity contribution < 1.29 is 9.59 Å². The zero-order chi connectivity index (χ0) is 15.2. The van der Waals surface area contributed by atoms with Crippen molar-refractivity contribution in [2.45, 2.75) is 39.0 Å². The fraction of sp³-hybridized carbons (Fsp3) is 0.800.